The van der Waals surface area contributed by atoms with Gasteiger partial charge in [0.15, 0.2) is 5.78 Å². The molecule has 7 heteroatoms. The molecule has 2 aromatic carbocycles. The number of carbonyl (C=O) groups is 1. The molecule has 0 atom stereocenters. The SMILES string of the molecule is Cc1ccc(C(=O)Cc2ccc3c(c2)B(O)OC3)c(C(F)(F)F)c1. The topological polar surface area (TPSA) is 46.5 Å². The van der Waals surface area contributed by atoms with Crippen molar-refractivity contribution in [2.45, 2.75) is 26.1 Å². The van der Waals surface area contributed by atoms with Crippen LogP contribution in [0, 0.1) is 6.92 Å². The van der Waals surface area contributed by atoms with Crippen LogP contribution in [0.25, 0.3) is 0 Å². The molecular weight excluding hydrogens is 320 g/mol. The summed E-state index contributed by atoms with van der Waals surface area (Å²) in [7, 11) is -1.06. The predicted molar refractivity (Wildman–Crippen MR) is 83.1 cm³/mol. The maximum atomic E-state index is 13.2. The average Bonchev–Trinajstić information content (AvgIpc) is 2.87. The summed E-state index contributed by atoms with van der Waals surface area (Å²) in [6, 6.07) is 8.67. The fourth-order valence-electron chi connectivity index (χ4n) is 2.79. The van der Waals surface area contributed by atoms with Crippen LogP contribution in [0.5, 0.6) is 0 Å². The molecule has 2 aromatic rings. The quantitative estimate of drug-likeness (QED) is 0.693. The highest BCUT2D eigenvalue weighted by Crippen LogP contribution is 2.33. The first-order valence-corrected chi connectivity index (χ1v) is 7.38. The smallest absolute Gasteiger partial charge is 0.423 e. The van der Waals surface area contributed by atoms with Crippen LogP contribution < -0.4 is 5.46 Å². The van der Waals surface area contributed by atoms with Crippen LogP contribution in [0.15, 0.2) is 36.4 Å². The van der Waals surface area contributed by atoms with E-state index >= 15 is 0 Å². The molecule has 0 fully saturated rings. The summed E-state index contributed by atoms with van der Waals surface area (Å²) in [5.41, 5.74) is 1.08. The van der Waals surface area contributed by atoms with Gasteiger partial charge in [-0.1, -0.05) is 35.9 Å². The molecule has 0 radical (unpaired) electrons. The molecule has 1 N–H and O–H groups in total. The molecular formula is C17H14BF3O3. The third-order valence-corrected chi connectivity index (χ3v) is 4.02. The molecule has 0 amide bonds. The molecule has 0 unspecified atom stereocenters. The summed E-state index contributed by atoms with van der Waals surface area (Å²) in [6.45, 7) is 1.83. The number of rotatable bonds is 3. The van der Waals surface area contributed by atoms with Crippen LogP contribution in [0.4, 0.5) is 13.2 Å². The summed E-state index contributed by atoms with van der Waals surface area (Å²) in [5, 5.41) is 9.68. The molecule has 3 nitrogen and oxygen atoms in total. The zero-order valence-corrected chi connectivity index (χ0v) is 12.9. The number of hydrogen-bond donors (Lipinski definition) is 1. The Bertz CT molecular complexity index is 802. The number of benzene rings is 2. The Kier molecular flexibility index (Phi) is 4.23. The number of aryl methyl sites for hydroxylation is 1. The van der Waals surface area contributed by atoms with Gasteiger partial charge < -0.3 is 9.68 Å². The van der Waals surface area contributed by atoms with Gasteiger partial charge in [-0.25, -0.2) is 0 Å². The highest BCUT2D eigenvalue weighted by molar-refractivity contribution is 6.61. The Balaban J connectivity index is 1.90. The van der Waals surface area contributed by atoms with Crippen LogP contribution in [0.2, 0.25) is 0 Å². The minimum Gasteiger partial charge on any atom is -0.423 e. The monoisotopic (exact) mass is 334 g/mol. The maximum Gasteiger partial charge on any atom is 0.491 e. The van der Waals surface area contributed by atoms with Crippen LogP contribution in [-0.4, -0.2) is 17.9 Å². The van der Waals surface area contributed by atoms with Gasteiger partial charge in [-0.3, -0.25) is 4.79 Å². The maximum absolute atomic E-state index is 13.2. The van der Waals surface area contributed by atoms with Crippen molar-refractivity contribution in [2.75, 3.05) is 0 Å². The fourth-order valence-corrected chi connectivity index (χ4v) is 2.79. The lowest BCUT2D eigenvalue weighted by Gasteiger charge is -2.13. The average molecular weight is 334 g/mol. The van der Waals surface area contributed by atoms with Crippen molar-refractivity contribution < 1.29 is 27.6 Å². The summed E-state index contributed by atoms with van der Waals surface area (Å²) >= 11 is 0. The molecule has 0 aliphatic carbocycles. The number of alkyl halides is 3. The Labute approximate surface area is 137 Å². The van der Waals surface area contributed by atoms with Crippen molar-refractivity contribution in [1.29, 1.82) is 0 Å². The lowest BCUT2D eigenvalue weighted by molar-refractivity contribution is -0.137. The highest BCUT2D eigenvalue weighted by Gasteiger charge is 2.35. The van der Waals surface area contributed by atoms with Crippen LogP contribution in [0.1, 0.15) is 32.6 Å². The van der Waals surface area contributed by atoms with Crippen LogP contribution in [0.3, 0.4) is 0 Å². The zero-order valence-electron chi connectivity index (χ0n) is 12.9. The van der Waals surface area contributed by atoms with Gasteiger partial charge in [0.25, 0.3) is 0 Å². The van der Waals surface area contributed by atoms with Gasteiger partial charge in [0.1, 0.15) is 0 Å². The lowest BCUT2D eigenvalue weighted by Crippen LogP contribution is -2.28. The Hall–Kier alpha value is -2.12. The first kappa shape index (κ1) is 16.7. The van der Waals surface area contributed by atoms with Gasteiger partial charge in [0.05, 0.1) is 12.2 Å². The number of ketones is 1. The second-order valence-electron chi connectivity index (χ2n) is 5.84. The molecule has 1 aliphatic rings. The van der Waals surface area contributed by atoms with Crippen molar-refractivity contribution in [3.8, 4) is 0 Å². The van der Waals surface area contributed by atoms with E-state index in [0.717, 1.165) is 11.6 Å². The standard InChI is InChI=1S/C17H14BF3O3/c1-10-2-5-13(14(6-10)17(19,20)21)16(22)8-11-3-4-12-9-24-18(23)15(12)7-11/h2-7,23H,8-9H2,1H3. The molecule has 0 bridgehead atoms. The van der Waals surface area contributed by atoms with Gasteiger partial charge in [-0.05, 0) is 29.6 Å². The van der Waals surface area contributed by atoms with E-state index in [2.05, 4.69) is 0 Å². The molecule has 1 heterocycles. The van der Waals surface area contributed by atoms with Gasteiger partial charge in [0, 0.05) is 12.0 Å². The van der Waals surface area contributed by atoms with Gasteiger partial charge in [0.2, 0.25) is 0 Å². The molecule has 1 aliphatic heterocycles. The minimum atomic E-state index is -4.58. The Morgan fingerprint density at radius 1 is 1.25 bits per heavy atom. The molecule has 0 saturated heterocycles. The second kappa shape index (κ2) is 6.07. The normalized spacial score (nSPS) is 14.0. The lowest BCUT2D eigenvalue weighted by atomic mass is 9.78. The third kappa shape index (κ3) is 3.23. The van der Waals surface area contributed by atoms with Crippen molar-refractivity contribution in [1.82, 2.24) is 0 Å². The molecule has 0 spiro atoms. The van der Waals surface area contributed by atoms with E-state index in [4.69, 9.17) is 4.65 Å². The summed E-state index contributed by atoms with van der Waals surface area (Å²) < 4.78 is 44.5. The summed E-state index contributed by atoms with van der Waals surface area (Å²) in [4.78, 5) is 12.4. The largest absolute Gasteiger partial charge is 0.491 e. The van der Waals surface area contributed by atoms with E-state index in [1.807, 2.05) is 0 Å². The molecule has 3 rings (SSSR count). The van der Waals surface area contributed by atoms with Crippen molar-refractivity contribution in [2.24, 2.45) is 0 Å². The van der Waals surface area contributed by atoms with Gasteiger partial charge >= 0.3 is 13.3 Å². The molecule has 0 saturated carbocycles. The number of halogens is 3. The van der Waals surface area contributed by atoms with E-state index in [1.54, 1.807) is 25.1 Å². The van der Waals surface area contributed by atoms with Crippen molar-refractivity contribution >= 4 is 18.4 Å². The van der Waals surface area contributed by atoms with E-state index in [1.165, 1.54) is 12.1 Å². The second-order valence-corrected chi connectivity index (χ2v) is 5.84. The van der Waals surface area contributed by atoms with E-state index in [0.29, 0.717) is 16.6 Å². The molecule has 124 valence electrons. The van der Waals surface area contributed by atoms with Gasteiger partial charge in [-0.2, -0.15) is 13.2 Å². The molecule has 0 aromatic heterocycles. The van der Waals surface area contributed by atoms with Crippen LogP contribution in [-0.2, 0) is 23.9 Å². The number of fused-ring (bicyclic) bond motifs is 1. The van der Waals surface area contributed by atoms with Crippen LogP contribution >= 0.6 is 0 Å². The third-order valence-electron chi connectivity index (χ3n) is 4.02. The first-order chi connectivity index (χ1) is 11.3. The number of Topliss-reactive ketones (excluding diaryl/α,β-unsaturated/α-hetero) is 1. The van der Waals surface area contributed by atoms with Crippen molar-refractivity contribution in [3.05, 3.63) is 64.2 Å². The number of hydrogen-bond acceptors (Lipinski definition) is 3. The van der Waals surface area contributed by atoms with Crippen molar-refractivity contribution in [3.63, 3.8) is 0 Å². The van der Waals surface area contributed by atoms with E-state index in [9.17, 15) is 23.0 Å². The molecule has 24 heavy (non-hydrogen) atoms. The first-order valence-electron chi connectivity index (χ1n) is 7.38. The Morgan fingerprint density at radius 2 is 2.00 bits per heavy atom. The van der Waals surface area contributed by atoms with E-state index in [-0.39, 0.29) is 18.6 Å². The number of carbonyl (C=O) groups excluding carboxylic acids is 1. The zero-order chi connectivity index (χ0) is 17.5. The highest BCUT2D eigenvalue weighted by atomic mass is 19.4. The minimum absolute atomic E-state index is 0.174. The van der Waals surface area contributed by atoms with Gasteiger partial charge in [-0.15, -0.1) is 0 Å². The Morgan fingerprint density at radius 3 is 2.71 bits per heavy atom. The fraction of sp³-hybridized carbons (Fsp3) is 0.235. The van der Waals surface area contributed by atoms with E-state index < -0.39 is 24.6 Å². The predicted octanol–water partition coefficient (Wildman–Crippen LogP) is 2.66. The summed E-state index contributed by atoms with van der Waals surface area (Å²) in [5.74, 6) is -0.615. The summed E-state index contributed by atoms with van der Waals surface area (Å²) in [6.07, 6.45) is -4.76.